The topological polar surface area (TPSA) is 27.6 Å². The number of aryl methyl sites for hydroxylation is 1. The zero-order valence-corrected chi connectivity index (χ0v) is 13.8. The first-order valence-corrected chi connectivity index (χ1v) is 8.41. The number of hydrogen-bond donors (Lipinski definition) is 1. The molecule has 0 aliphatic carbocycles. The Kier molecular flexibility index (Phi) is 5.56. The van der Waals surface area contributed by atoms with Crippen LogP contribution in [-0.4, -0.2) is 37.8 Å². The van der Waals surface area contributed by atoms with Crippen molar-refractivity contribution in [2.45, 2.75) is 19.0 Å². The first-order valence-electron chi connectivity index (χ1n) is 8.41. The van der Waals surface area contributed by atoms with Gasteiger partial charge in [-0.3, -0.25) is 10.3 Å². The van der Waals surface area contributed by atoms with E-state index in [0.717, 1.165) is 26.1 Å². The maximum atomic E-state index is 4.55. The summed E-state index contributed by atoms with van der Waals surface area (Å²) in [4.78, 5) is 6.94. The van der Waals surface area contributed by atoms with Crippen LogP contribution in [0.3, 0.4) is 0 Å². The molecule has 1 atom stereocenters. The summed E-state index contributed by atoms with van der Waals surface area (Å²) >= 11 is 0. The number of nitrogens with zero attached hydrogens (tertiary/aromatic N) is 2. The molecule has 0 saturated heterocycles. The molecule has 0 radical (unpaired) electrons. The molecule has 0 bridgehead atoms. The summed E-state index contributed by atoms with van der Waals surface area (Å²) in [5.41, 5.74) is 3.95. The number of rotatable bonds is 8. The summed E-state index contributed by atoms with van der Waals surface area (Å²) in [5.74, 6) is 0. The lowest BCUT2D eigenvalue weighted by Gasteiger charge is -2.18. The van der Waals surface area contributed by atoms with Crippen LogP contribution in [0.4, 0.5) is 0 Å². The predicted octanol–water partition coefficient (Wildman–Crippen LogP) is 3.27. The summed E-state index contributed by atoms with van der Waals surface area (Å²) in [5, 5.41) is 3.54. The molecule has 0 aromatic heterocycles. The Morgan fingerprint density at radius 3 is 2.65 bits per heavy atom. The molecule has 3 nitrogen and oxygen atoms in total. The van der Waals surface area contributed by atoms with Crippen LogP contribution in [0.2, 0.25) is 0 Å². The minimum atomic E-state index is 0.129. The van der Waals surface area contributed by atoms with E-state index in [2.05, 4.69) is 76.9 Å². The lowest BCUT2D eigenvalue weighted by Crippen LogP contribution is -2.31. The van der Waals surface area contributed by atoms with Crippen molar-refractivity contribution in [1.82, 2.24) is 10.2 Å². The van der Waals surface area contributed by atoms with Gasteiger partial charge in [0, 0.05) is 19.3 Å². The first kappa shape index (κ1) is 15.9. The molecule has 0 fully saturated rings. The first-order chi connectivity index (χ1) is 11.3. The van der Waals surface area contributed by atoms with Crippen molar-refractivity contribution >= 4 is 6.21 Å². The molecule has 0 amide bonds. The zero-order valence-electron chi connectivity index (χ0n) is 13.8. The Balaban J connectivity index is 1.34. The van der Waals surface area contributed by atoms with Crippen LogP contribution in [0.15, 0.2) is 59.6 Å². The Hall–Kier alpha value is -1.97. The summed E-state index contributed by atoms with van der Waals surface area (Å²) < 4.78 is 0. The van der Waals surface area contributed by atoms with Gasteiger partial charge in [-0.15, -0.1) is 0 Å². The third kappa shape index (κ3) is 4.50. The minimum Gasteiger partial charge on any atom is -0.305 e. The summed E-state index contributed by atoms with van der Waals surface area (Å²) in [6.45, 7) is 3.13. The van der Waals surface area contributed by atoms with E-state index in [1.54, 1.807) is 0 Å². The number of benzene rings is 2. The second kappa shape index (κ2) is 8.04. The molecule has 1 aliphatic heterocycles. The molecule has 0 spiro atoms. The number of aliphatic imine (C=N–C) groups is 1. The fraction of sp³-hybridized carbons (Fsp3) is 0.350. The van der Waals surface area contributed by atoms with E-state index in [0.29, 0.717) is 0 Å². The Labute approximate surface area is 139 Å². The van der Waals surface area contributed by atoms with E-state index in [9.17, 15) is 0 Å². The molecule has 0 saturated carbocycles. The highest BCUT2D eigenvalue weighted by Gasteiger charge is 2.16. The molecule has 3 heteroatoms. The fourth-order valence-corrected chi connectivity index (χ4v) is 2.98. The average Bonchev–Trinajstić information content (AvgIpc) is 2.99. The van der Waals surface area contributed by atoms with Gasteiger partial charge in [0.1, 0.15) is 6.17 Å². The van der Waals surface area contributed by atoms with Gasteiger partial charge < -0.3 is 4.90 Å². The van der Waals surface area contributed by atoms with E-state index in [-0.39, 0.29) is 6.17 Å². The highest BCUT2D eigenvalue weighted by Crippen LogP contribution is 2.23. The van der Waals surface area contributed by atoms with E-state index in [4.69, 9.17) is 0 Å². The van der Waals surface area contributed by atoms with Crippen LogP contribution in [-0.2, 0) is 6.42 Å². The zero-order chi connectivity index (χ0) is 15.9. The number of likely N-dealkylation sites (N-methyl/N-ethyl adjacent to an activating group) is 1. The van der Waals surface area contributed by atoms with Crippen molar-refractivity contribution in [2.75, 3.05) is 26.7 Å². The summed E-state index contributed by atoms with van der Waals surface area (Å²) in [6.07, 6.45) is 4.45. The van der Waals surface area contributed by atoms with Gasteiger partial charge >= 0.3 is 0 Å². The molecule has 2 aromatic rings. The van der Waals surface area contributed by atoms with Crippen LogP contribution in [0.25, 0.3) is 0 Å². The van der Waals surface area contributed by atoms with E-state index < -0.39 is 0 Å². The van der Waals surface area contributed by atoms with Crippen molar-refractivity contribution in [1.29, 1.82) is 0 Å². The van der Waals surface area contributed by atoms with Gasteiger partial charge in [0.05, 0.1) is 0 Å². The quantitative estimate of drug-likeness (QED) is 0.810. The summed E-state index contributed by atoms with van der Waals surface area (Å²) in [6, 6.07) is 19.1. The monoisotopic (exact) mass is 307 g/mol. The van der Waals surface area contributed by atoms with Crippen molar-refractivity contribution in [3.05, 3.63) is 71.3 Å². The molecule has 1 N–H and O–H groups in total. The molecule has 120 valence electrons. The van der Waals surface area contributed by atoms with E-state index in [1.807, 2.05) is 6.21 Å². The SMILES string of the molecule is CN(CCCc1ccccc1)CCNC1N=Cc2ccccc21. The second-order valence-electron chi connectivity index (χ2n) is 6.16. The fourth-order valence-electron chi connectivity index (χ4n) is 2.98. The lowest BCUT2D eigenvalue weighted by molar-refractivity contribution is 0.321. The van der Waals surface area contributed by atoms with Gasteiger partial charge in [-0.2, -0.15) is 0 Å². The molecule has 1 unspecified atom stereocenters. The predicted molar refractivity (Wildman–Crippen MR) is 97.0 cm³/mol. The van der Waals surface area contributed by atoms with Crippen LogP contribution < -0.4 is 5.32 Å². The van der Waals surface area contributed by atoms with Gasteiger partial charge in [0.2, 0.25) is 0 Å². The van der Waals surface area contributed by atoms with Crippen LogP contribution in [0.1, 0.15) is 29.3 Å². The van der Waals surface area contributed by atoms with Crippen LogP contribution in [0.5, 0.6) is 0 Å². The second-order valence-corrected chi connectivity index (χ2v) is 6.16. The Bertz CT molecular complexity index is 636. The molecule has 1 heterocycles. The maximum absolute atomic E-state index is 4.55. The molecule has 2 aromatic carbocycles. The van der Waals surface area contributed by atoms with Gasteiger partial charge in [0.15, 0.2) is 0 Å². The third-order valence-electron chi connectivity index (χ3n) is 4.33. The third-order valence-corrected chi connectivity index (χ3v) is 4.33. The minimum absolute atomic E-state index is 0.129. The van der Waals surface area contributed by atoms with Crippen LogP contribution >= 0.6 is 0 Å². The van der Waals surface area contributed by atoms with Crippen molar-refractivity contribution < 1.29 is 0 Å². The van der Waals surface area contributed by atoms with Gasteiger partial charge in [0.25, 0.3) is 0 Å². The summed E-state index contributed by atoms with van der Waals surface area (Å²) in [7, 11) is 2.19. The van der Waals surface area contributed by atoms with E-state index >= 15 is 0 Å². The van der Waals surface area contributed by atoms with E-state index in [1.165, 1.54) is 23.1 Å². The Morgan fingerprint density at radius 2 is 1.78 bits per heavy atom. The van der Waals surface area contributed by atoms with Gasteiger partial charge in [-0.1, -0.05) is 54.6 Å². The smallest absolute Gasteiger partial charge is 0.126 e. The van der Waals surface area contributed by atoms with Crippen molar-refractivity contribution in [2.24, 2.45) is 4.99 Å². The average molecular weight is 307 g/mol. The number of nitrogens with one attached hydrogen (secondary N) is 1. The van der Waals surface area contributed by atoms with Gasteiger partial charge in [-0.05, 0) is 43.1 Å². The largest absolute Gasteiger partial charge is 0.305 e. The molecular formula is C20H25N3. The van der Waals surface area contributed by atoms with Crippen LogP contribution in [0, 0.1) is 0 Å². The normalized spacial score (nSPS) is 16.0. The lowest BCUT2D eigenvalue weighted by atomic mass is 10.1. The van der Waals surface area contributed by atoms with Crippen molar-refractivity contribution in [3.63, 3.8) is 0 Å². The Morgan fingerprint density at radius 1 is 1.00 bits per heavy atom. The van der Waals surface area contributed by atoms with Gasteiger partial charge in [-0.25, -0.2) is 0 Å². The molecule has 23 heavy (non-hydrogen) atoms. The number of hydrogen-bond acceptors (Lipinski definition) is 3. The molecular weight excluding hydrogens is 282 g/mol. The highest BCUT2D eigenvalue weighted by atomic mass is 15.1. The molecule has 1 aliphatic rings. The maximum Gasteiger partial charge on any atom is 0.126 e. The molecule has 3 rings (SSSR count). The standard InChI is InChI=1S/C20H25N3/c1-23(14-7-10-17-8-3-2-4-9-17)15-13-21-20-19-12-6-5-11-18(19)16-22-20/h2-6,8-9,11-12,16,20-21H,7,10,13-15H2,1H3. The number of fused-ring (bicyclic) bond motifs is 1. The highest BCUT2D eigenvalue weighted by molar-refractivity contribution is 5.85. The van der Waals surface area contributed by atoms with Crippen molar-refractivity contribution in [3.8, 4) is 0 Å².